The molecule has 1 aromatic heterocycles. The van der Waals surface area contributed by atoms with E-state index in [4.69, 9.17) is 0 Å². The number of carbonyl (C=O) groups is 1. The molecule has 0 aliphatic heterocycles. The Balaban J connectivity index is 2.00. The molecule has 5 nitrogen and oxygen atoms in total. The van der Waals surface area contributed by atoms with Crippen LogP contribution >= 0.6 is 0 Å². The Bertz CT molecular complexity index is 1320. The van der Waals surface area contributed by atoms with Gasteiger partial charge in [-0.2, -0.15) is 0 Å². The molecular formula is C25H25F3N2O3S. The van der Waals surface area contributed by atoms with E-state index in [0.29, 0.717) is 28.3 Å². The topological polar surface area (TPSA) is 76.1 Å². The largest absolute Gasteiger partial charge is 0.274 e. The zero-order valence-corrected chi connectivity index (χ0v) is 20.0. The number of amides is 1. The molecule has 3 rings (SSSR count). The Hall–Kier alpha value is -3.20. The number of halogens is 3. The first-order valence-corrected chi connectivity index (χ1v) is 12.2. The van der Waals surface area contributed by atoms with Gasteiger partial charge in [0.05, 0.1) is 6.42 Å². The molecule has 0 fully saturated rings. The highest BCUT2D eigenvalue weighted by Gasteiger charge is 2.26. The van der Waals surface area contributed by atoms with E-state index in [2.05, 4.69) is 4.98 Å². The van der Waals surface area contributed by atoms with Gasteiger partial charge in [-0.25, -0.2) is 26.3 Å². The van der Waals surface area contributed by atoms with Crippen molar-refractivity contribution in [1.82, 2.24) is 9.71 Å². The zero-order valence-electron chi connectivity index (χ0n) is 19.2. The Labute approximate surface area is 197 Å². The summed E-state index contributed by atoms with van der Waals surface area (Å²) in [5, 5.41) is 0. The fourth-order valence-electron chi connectivity index (χ4n) is 3.75. The second-order valence-electron chi connectivity index (χ2n) is 8.58. The van der Waals surface area contributed by atoms with Gasteiger partial charge in [0.25, 0.3) is 10.0 Å². The molecule has 0 unspecified atom stereocenters. The SMILES string of the molecule is CC(C)c1cc(S(=O)(=O)NC(=O)Cc2c(-c3ccncc3)cc(F)cc2C(C)C)c(F)cc1F. The molecule has 0 atom stereocenters. The lowest BCUT2D eigenvalue weighted by atomic mass is 9.88. The van der Waals surface area contributed by atoms with E-state index in [0.717, 1.165) is 6.07 Å². The molecule has 3 aromatic rings. The van der Waals surface area contributed by atoms with Crippen molar-refractivity contribution < 1.29 is 26.4 Å². The van der Waals surface area contributed by atoms with Crippen LogP contribution in [0.5, 0.6) is 0 Å². The van der Waals surface area contributed by atoms with Crippen molar-refractivity contribution in [3.8, 4) is 11.1 Å². The van der Waals surface area contributed by atoms with E-state index in [9.17, 15) is 26.4 Å². The van der Waals surface area contributed by atoms with Gasteiger partial charge in [-0.3, -0.25) is 9.78 Å². The Kier molecular flexibility index (Phi) is 7.45. The summed E-state index contributed by atoms with van der Waals surface area (Å²) in [5.41, 5.74) is 2.02. The van der Waals surface area contributed by atoms with Gasteiger partial charge in [-0.05, 0) is 70.0 Å². The lowest BCUT2D eigenvalue weighted by molar-refractivity contribution is -0.118. The van der Waals surface area contributed by atoms with Crippen LogP contribution in [0.1, 0.15) is 56.2 Å². The first kappa shape index (κ1) is 25.4. The number of nitrogens with one attached hydrogen (secondary N) is 1. The average Bonchev–Trinajstić information content (AvgIpc) is 2.74. The van der Waals surface area contributed by atoms with E-state index in [1.807, 2.05) is 18.6 Å². The minimum atomic E-state index is -4.63. The number of aromatic nitrogens is 1. The molecule has 1 heterocycles. The van der Waals surface area contributed by atoms with Crippen molar-refractivity contribution in [3.63, 3.8) is 0 Å². The number of benzene rings is 2. The Morgan fingerprint density at radius 3 is 2.12 bits per heavy atom. The van der Waals surface area contributed by atoms with E-state index >= 15 is 0 Å². The van der Waals surface area contributed by atoms with Crippen LogP contribution in [0.25, 0.3) is 11.1 Å². The summed E-state index contributed by atoms with van der Waals surface area (Å²) < 4.78 is 70.2. The van der Waals surface area contributed by atoms with Gasteiger partial charge in [0, 0.05) is 18.5 Å². The van der Waals surface area contributed by atoms with Gasteiger partial charge < -0.3 is 0 Å². The van der Waals surface area contributed by atoms with Gasteiger partial charge in [0.15, 0.2) is 0 Å². The third-order valence-corrected chi connectivity index (χ3v) is 6.80. The fourth-order valence-corrected chi connectivity index (χ4v) is 4.83. The quantitative estimate of drug-likeness (QED) is 0.477. The summed E-state index contributed by atoms with van der Waals surface area (Å²) in [6.45, 7) is 6.91. The predicted octanol–water partition coefficient (Wildman–Crippen LogP) is 5.46. The third-order valence-electron chi connectivity index (χ3n) is 5.41. The molecule has 180 valence electrons. The van der Waals surface area contributed by atoms with Crippen LogP contribution in [0.4, 0.5) is 13.2 Å². The number of nitrogens with zero attached hydrogens (tertiary/aromatic N) is 1. The second kappa shape index (κ2) is 9.97. The molecule has 0 saturated carbocycles. The standard InChI is InChI=1S/C25H25F3N2O3S/c1-14(2)18-9-17(26)10-20(16-5-7-29-8-6-16)21(18)12-25(31)30-34(32,33)24-11-19(15(3)4)22(27)13-23(24)28/h5-11,13-15H,12H2,1-4H3,(H,30,31). The second-order valence-corrected chi connectivity index (χ2v) is 10.2. The van der Waals surface area contributed by atoms with Crippen molar-refractivity contribution >= 4 is 15.9 Å². The molecule has 2 aromatic carbocycles. The zero-order chi connectivity index (χ0) is 25.2. The molecule has 0 bridgehead atoms. The predicted molar refractivity (Wildman–Crippen MR) is 123 cm³/mol. The van der Waals surface area contributed by atoms with Crippen LogP contribution < -0.4 is 4.72 Å². The number of hydrogen-bond donors (Lipinski definition) is 1. The highest BCUT2D eigenvalue weighted by atomic mass is 32.2. The molecule has 0 spiro atoms. The molecule has 34 heavy (non-hydrogen) atoms. The van der Waals surface area contributed by atoms with Crippen LogP contribution in [-0.2, 0) is 21.2 Å². The van der Waals surface area contributed by atoms with E-state index in [1.54, 1.807) is 26.0 Å². The van der Waals surface area contributed by atoms with Crippen LogP contribution in [0.2, 0.25) is 0 Å². The van der Waals surface area contributed by atoms with Crippen LogP contribution in [0.15, 0.2) is 53.7 Å². The summed E-state index contributed by atoms with van der Waals surface area (Å²) in [6.07, 6.45) is 2.64. The molecule has 0 aliphatic rings. The number of hydrogen-bond acceptors (Lipinski definition) is 4. The normalized spacial score (nSPS) is 11.8. The number of rotatable bonds is 7. The smallest absolute Gasteiger partial charge is 0.266 e. The van der Waals surface area contributed by atoms with Gasteiger partial charge in [-0.15, -0.1) is 0 Å². The summed E-state index contributed by atoms with van der Waals surface area (Å²) in [4.78, 5) is 16.0. The monoisotopic (exact) mass is 490 g/mol. The molecule has 0 saturated heterocycles. The molecule has 1 amide bonds. The van der Waals surface area contributed by atoms with E-state index < -0.39 is 50.6 Å². The summed E-state index contributed by atoms with van der Waals surface area (Å²) in [7, 11) is -4.63. The Morgan fingerprint density at radius 2 is 1.53 bits per heavy atom. The van der Waals surface area contributed by atoms with Gasteiger partial charge in [0.1, 0.15) is 22.3 Å². The lowest BCUT2D eigenvalue weighted by Crippen LogP contribution is -2.33. The van der Waals surface area contributed by atoms with Gasteiger partial charge in [0.2, 0.25) is 5.91 Å². The van der Waals surface area contributed by atoms with Crippen molar-refractivity contribution in [2.24, 2.45) is 0 Å². The molecular weight excluding hydrogens is 465 g/mol. The Morgan fingerprint density at radius 1 is 0.912 bits per heavy atom. The summed E-state index contributed by atoms with van der Waals surface area (Å²) >= 11 is 0. The summed E-state index contributed by atoms with van der Waals surface area (Å²) in [5.74, 6) is -4.17. The van der Waals surface area contributed by atoms with E-state index in [-0.39, 0.29) is 11.5 Å². The minimum Gasteiger partial charge on any atom is -0.274 e. The van der Waals surface area contributed by atoms with Gasteiger partial charge >= 0.3 is 0 Å². The van der Waals surface area contributed by atoms with E-state index in [1.165, 1.54) is 24.5 Å². The number of sulfonamides is 1. The molecule has 0 aliphatic carbocycles. The van der Waals surface area contributed by atoms with Crippen LogP contribution in [0.3, 0.4) is 0 Å². The van der Waals surface area contributed by atoms with Crippen molar-refractivity contribution in [1.29, 1.82) is 0 Å². The first-order chi connectivity index (χ1) is 15.9. The van der Waals surface area contributed by atoms with Crippen LogP contribution in [0, 0.1) is 17.5 Å². The number of pyridine rings is 1. The molecule has 1 N–H and O–H groups in total. The average molecular weight is 491 g/mol. The van der Waals surface area contributed by atoms with Crippen molar-refractivity contribution in [2.75, 3.05) is 0 Å². The fraction of sp³-hybridized carbons (Fsp3) is 0.280. The minimum absolute atomic E-state index is 0.00910. The molecule has 0 radical (unpaired) electrons. The summed E-state index contributed by atoms with van der Waals surface area (Å²) in [6, 6.07) is 7.27. The number of carbonyl (C=O) groups excluding carboxylic acids is 1. The van der Waals surface area contributed by atoms with Crippen molar-refractivity contribution in [3.05, 3.63) is 82.9 Å². The maximum atomic E-state index is 14.4. The van der Waals surface area contributed by atoms with Crippen LogP contribution in [-0.4, -0.2) is 19.3 Å². The maximum absolute atomic E-state index is 14.4. The van der Waals surface area contributed by atoms with Gasteiger partial charge in [-0.1, -0.05) is 27.7 Å². The maximum Gasteiger partial charge on any atom is 0.266 e. The highest BCUT2D eigenvalue weighted by molar-refractivity contribution is 7.90. The van der Waals surface area contributed by atoms with Crippen molar-refractivity contribution in [2.45, 2.75) is 50.8 Å². The first-order valence-electron chi connectivity index (χ1n) is 10.7. The highest BCUT2D eigenvalue weighted by Crippen LogP contribution is 2.32. The molecule has 9 heteroatoms. The lowest BCUT2D eigenvalue weighted by Gasteiger charge is -2.18. The third kappa shape index (κ3) is 5.47.